The molecule has 2 aliphatic rings. The molecule has 0 atom stereocenters. The summed E-state index contributed by atoms with van der Waals surface area (Å²) in [7, 11) is 0. The Kier molecular flexibility index (Phi) is 5.36. The molecule has 1 N–H and O–H groups in total. The Morgan fingerprint density at radius 2 is 1.97 bits per heavy atom. The van der Waals surface area contributed by atoms with E-state index in [9.17, 15) is 4.79 Å². The Morgan fingerprint density at radius 1 is 1.16 bits per heavy atom. The average molecular weight is 498 g/mol. The van der Waals surface area contributed by atoms with E-state index >= 15 is 0 Å². The lowest BCUT2D eigenvalue weighted by molar-refractivity contribution is 0.0902. The van der Waals surface area contributed by atoms with Crippen molar-refractivity contribution in [3.8, 4) is 22.4 Å². The highest BCUT2D eigenvalue weighted by molar-refractivity contribution is 9.10. The van der Waals surface area contributed by atoms with E-state index < -0.39 is 0 Å². The zero-order valence-corrected chi connectivity index (χ0v) is 20.0. The van der Waals surface area contributed by atoms with Crippen molar-refractivity contribution in [3.63, 3.8) is 0 Å². The van der Waals surface area contributed by atoms with E-state index in [4.69, 9.17) is 4.74 Å². The number of morpholine rings is 1. The van der Waals surface area contributed by atoms with E-state index in [0.717, 1.165) is 56.2 Å². The van der Waals surface area contributed by atoms with Crippen molar-refractivity contribution in [2.75, 3.05) is 31.2 Å². The molecule has 5 rings (SSSR count). The third kappa shape index (κ3) is 4.02. The number of nitrogens with one attached hydrogen (secondary N) is 1. The molecule has 1 amide bonds. The first kappa shape index (κ1) is 20.7. The van der Waals surface area contributed by atoms with Gasteiger partial charge in [-0.25, -0.2) is 0 Å². The lowest BCUT2D eigenvalue weighted by Crippen LogP contribution is -2.48. The average Bonchev–Trinajstić information content (AvgIpc) is 3.13. The molecular weight excluding hydrogens is 474 g/mol. The molecule has 0 unspecified atom stereocenters. The number of benzene rings is 1. The van der Waals surface area contributed by atoms with Crippen molar-refractivity contribution in [2.24, 2.45) is 0 Å². The molecule has 31 heavy (non-hydrogen) atoms. The molecule has 0 aliphatic carbocycles. The topological polar surface area (TPSA) is 54.5 Å². The summed E-state index contributed by atoms with van der Waals surface area (Å²) in [5, 5.41) is 4.32. The van der Waals surface area contributed by atoms with E-state index in [1.165, 1.54) is 5.56 Å². The molecule has 0 radical (unpaired) electrons. The van der Waals surface area contributed by atoms with Gasteiger partial charge in [0.25, 0.3) is 5.91 Å². The predicted octanol–water partition coefficient (Wildman–Crippen LogP) is 5.14. The summed E-state index contributed by atoms with van der Waals surface area (Å²) in [4.78, 5) is 20.8. The van der Waals surface area contributed by atoms with Crippen molar-refractivity contribution < 1.29 is 9.53 Å². The molecule has 1 fully saturated rings. The van der Waals surface area contributed by atoms with Crippen LogP contribution in [0.2, 0.25) is 0 Å². The molecule has 7 heteroatoms. The number of pyridine rings is 1. The van der Waals surface area contributed by atoms with Crippen molar-refractivity contribution >= 4 is 38.2 Å². The number of ether oxygens (including phenoxy) is 1. The van der Waals surface area contributed by atoms with Crippen LogP contribution in [0, 0.1) is 0 Å². The number of carbonyl (C=O) groups excluding carboxylic acids is 1. The van der Waals surface area contributed by atoms with Gasteiger partial charge in [0.15, 0.2) is 0 Å². The molecular formula is C24H24BrN3O2S. The normalized spacial score (nSPS) is 17.9. The summed E-state index contributed by atoms with van der Waals surface area (Å²) in [5.74, 6) is 0.0262. The van der Waals surface area contributed by atoms with E-state index in [0.29, 0.717) is 13.2 Å². The van der Waals surface area contributed by atoms with Gasteiger partial charge >= 0.3 is 0 Å². The molecule has 0 spiro atoms. The van der Waals surface area contributed by atoms with E-state index in [1.54, 1.807) is 11.3 Å². The standard InChI is InChI=1S/C24H24BrN3O2S/c1-24(2)14-18-20(16-6-7-26-19(13-16)15-4-3-5-17(25)12-15)23(28-8-10-30-11-9-28)31-21(18)22(29)27-24/h3-7,12-13H,8-11,14H2,1-2H3,(H,27,29). The summed E-state index contributed by atoms with van der Waals surface area (Å²) >= 11 is 5.17. The van der Waals surface area contributed by atoms with Gasteiger partial charge in [0.05, 0.1) is 23.8 Å². The number of thiophene rings is 1. The van der Waals surface area contributed by atoms with E-state index in [-0.39, 0.29) is 11.4 Å². The van der Waals surface area contributed by atoms with E-state index in [2.05, 4.69) is 69.2 Å². The predicted molar refractivity (Wildman–Crippen MR) is 129 cm³/mol. The second-order valence-corrected chi connectivity index (χ2v) is 10.6. The maximum absolute atomic E-state index is 12.9. The van der Waals surface area contributed by atoms with Crippen LogP contribution < -0.4 is 10.2 Å². The molecule has 0 bridgehead atoms. The molecule has 5 nitrogen and oxygen atoms in total. The molecule has 2 aromatic heterocycles. The number of halogens is 1. The molecule has 2 aliphatic heterocycles. The van der Waals surface area contributed by atoms with Crippen molar-refractivity contribution in [1.29, 1.82) is 0 Å². The number of amides is 1. The number of rotatable bonds is 3. The van der Waals surface area contributed by atoms with Crippen LogP contribution in [0.5, 0.6) is 0 Å². The first-order valence-corrected chi connectivity index (χ1v) is 12.1. The van der Waals surface area contributed by atoms with Crippen LogP contribution in [0.4, 0.5) is 5.00 Å². The van der Waals surface area contributed by atoms with Crippen molar-refractivity contribution in [2.45, 2.75) is 25.8 Å². The summed E-state index contributed by atoms with van der Waals surface area (Å²) in [6.07, 6.45) is 2.67. The second kappa shape index (κ2) is 8.04. The molecule has 4 heterocycles. The van der Waals surface area contributed by atoms with Gasteiger partial charge in [-0.15, -0.1) is 11.3 Å². The van der Waals surface area contributed by atoms with Gasteiger partial charge in [-0.1, -0.05) is 28.1 Å². The van der Waals surface area contributed by atoms with Crippen LogP contribution in [-0.4, -0.2) is 42.7 Å². The smallest absolute Gasteiger partial charge is 0.262 e. The number of hydrogen-bond donors (Lipinski definition) is 1. The third-order valence-corrected chi connectivity index (χ3v) is 7.52. The van der Waals surface area contributed by atoms with Crippen LogP contribution in [0.25, 0.3) is 22.4 Å². The maximum Gasteiger partial charge on any atom is 0.262 e. The summed E-state index contributed by atoms with van der Waals surface area (Å²) in [5.41, 5.74) is 5.13. The number of hydrogen-bond acceptors (Lipinski definition) is 5. The highest BCUT2D eigenvalue weighted by Gasteiger charge is 2.36. The third-order valence-electron chi connectivity index (χ3n) is 5.73. The van der Waals surface area contributed by atoms with Gasteiger partial charge in [0.2, 0.25) is 0 Å². The van der Waals surface area contributed by atoms with Crippen LogP contribution in [0.1, 0.15) is 29.1 Å². The fourth-order valence-electron chi connectivity index (χ4n) is 4.33. The lowest BCUT2D eigenvalue weighted by Gasteiger charge is -2.31. The Labute approximate surface area is 194 Å². The van der Waals surface area contributed by atoms with Crippen LogP contribution in [0.15, 0.2) is 47.1 Å². The minimum Gasteiger partial charge on any atom is -0.378 e. The molecule has 0 saturated carbocycles. The Bertz CT molecular complexity index is 1150. The molecule has 3 aromatic rings. The Balaban J connectivity index is 1.68. The SMILES string of the molecule is CC1(C)Cc2c(sc(N3CCOCC3)c2-c2ccnc(-c3cccc(Br)c3)c2)C(=O)N1. The van der Waals surface area contributed by atoms with Gasteiger partial charge in [0.1, 0.15) is 5.00 Å². The maximum atomic E-state index is 12.9. The van der Waals surface area contributed by atoms with Crippen molar-refractivity contribution in [3.05, 3.63) is 57.5 Å². The number of fused-ring (bicyclic) bond motifs is 1. The van der Waals surface area contributed by atoms with Gasteiger partial charge in [0, 0.05) is 40.4 Å². The van der Waals surface area contributed by atoms with Crippen molar-refractivity contribution in [1.82, 2.24) is 10.3 Å². The monoisotopic (exact) mass is 497 g/mol. The van der Waals surface area contributed by atoms with E-state index in [1.807, 2.05) is 18.3 Å². The van der Waals surface area contributed by atoms with Crippen LogP contribution >= 0.6 is 27.3 Å². The first-order chi connectivity index (χ1) is 14.9. The first-order valence-electron chi connectivity index (χ1n) is 10.4. The van der Waals surface area contributed by atoms with Gasteiger partial charge < -0.3 is 15.0 Å². The lowest BCUT2D eigenvalue weighted by atomic mass is 9.87. The number of nitrogens with zero attached hydrogens (tertiary/aromatic N) is 2. The fraction of sp³-hybridized carbons (Fsp3) is 0.333. The van der Waals surface area contributed by atoms with Crippen LogP contribution in [-0.2, 0) is 11.2 Å². The second-order valence-electron chi connectivity index (χ2n) is 8.64. The highest BCUT2D eigenvalue weighted by Crippen LogP contribution is 2.46. The van der Waals surface area contributed by atoms with Gasteiger partial charge in [-0.2, -0.15) is 0 Å². The minimum atomic E-state index is -0.275. The zero-order chi connectivity index (χ0) is 21.6. The minimum absolute atomic E-state index is 0.0262. The Hall–Kier alpha value is -2.22. The number of aromatic nitrogens is 1. The zero-order valence-electron chi connectivity index (χ0n) is 17.6. The number of anilines is 1. The van der Waals surface area contributed by atoms with Gasteiger partial charge in [-0.3, -0.25) is 9.78 Å². The van der Waals surface area contributed by atoms with Crippen LogP contribution in [0.3, 0.4) is 0 Å². The highest BCUT2D eigenvalue weighted by atomic mass is 79.9. The molecule has 1 saturated heterocycles. The fourth-order valence-corrected chi connectivity index (χ4v) is 6.02. The summed E-state index contributed by atoms with van der Waals surface area (Å²) in [6, 6.07) is 12.4. The molecule has 1 aromatic carbocycles. The summed E-state index contributed by atoms with van der Waals surface area (Å²) in [6.45, 7) is 7.26. The largest absolute Gasteiger partial charge is 0.378 e. The number of carbonyl (C=O) groups is 1. The molecule has 160 valence electrons. The van der Waals surface area contributed by atoms with Gasteiger partial charge in [-0.05, 0) is 55.7 Å². The quantitative estimate of drug-likeness (QED) is 0.544. The Morgan fingerprint density at radius 3 is 2.74 bits per heavy atom. The summed E-state index contributed by atoms with van der Waals surface area (Å²) < 4.78 is 6.61.